The van der Waals surface area contributed by atoms with E-state index in [1.807, 2.05) is 18.2 Å². The van der Waals surface area contributed by atoms with Crippen LogP contribution >= 0.6 is 24.8 Å². The first-order valence-corrected chi connectivity index (χ1v) is 12.0. The highest BCUT2D eigenvalue weighted by Crippen LogP contribution is 2.28. The number of rotatable bonds is 7. The summed E-state index contributed by atoms with van der Waals surface area (Å²) >= 11 is 0. The van der Waals surface area contributed by atoms with Crippen LogP contribution in [0.2, 0.25) is 0 Å². The zero-order valence-corrected chi connectivity index (χ0v) is 20.5. The first kappa shape index (κ1) is 27.8. The number of anilines is 1. The molecule has 3 N–H and O–H groups in total. The van der Waals surface area contributed by atoms with Gasteiger partial charge in [0.2, 0.25) is 10.0 Å². The number of hydrogen-bond donors (Lipinski definition) is 3. The van der Waals surface area contributed by atoms with Crippen LogP contribution in [0.25, 0.3) is 0 Å². The van der Waals surface area contributed by atoms with E-state index in [-0.39, 0.29) is 42.9 Å². The van der Waals surface area contributed by atoms with Crippen LogP contribution in [0.1, 0.15) is 0 Å². The smallest absolute Gasteiger partial charge is 0.240 e. The Morgan fingerprint density at radius 2 is 1.48 bits per heavy atom. The predicted octanol–water partition coefficient (Wildman–Crippen LogP) is 1.12. The second-order valence-electron chi connectivity index (χ2n) is 7.90. The van der Waals surface area contributed by atoms with Crippen molar-refractivity contribution in [2.45, 2.75) is 29.2 Å². The lowest BCUT2D eigenvalue weighted by molar-refractivity contribution is -0.0201. The number of aliphatic hydroxyl groups is 2. The second kappa shape index (κ2) is 12.3. The molecule has 0 unspecified atom stereocenters. The number of para-hydroxylation sites is 1. The quantitative estimate of drug-likeness (QED) is 0.503. The highest BCUT2D eigenvalue weighted by molar-refractivity contribution is 7.89. The Balaban J connectivity index is 0.00000193. The predicted molar refractivity (Wildman–Crippen MR) is 132 cm³/mol. The largest absolute Gasteiger partial charge is 0.394 e. The summed E-state index contributed by atoms with van der Waals surface area (Å²) in [6.45, 7) is 2.71. The molecule has 2 aromatic carbocycles. The second-order valence-corrected chi connectivity index (χ2v) is 9.67. The fourth-order valence-corrected chi connectivity index (χ4v) is 5.45. The number of halogens is 2. The number of hydrogen-bond acceptors (Lipinski definition) is 7. The number of ether oxygens (including phenoxy) is 1. The highest BCUT2D eigenvalue weighted by atomic mass is 35.5. The van der Waals surface area contributed by atoms with Crippen LogP contribution in [-0.2, 0) is 14.8 Å². The Morgan fingerprint density at radius 3 is 2.06 bits per heavy atom. The van der Waals surface area contributed by atoms with Gasteiger partial charge in [0.25, 0.3) is 0 Å². The van der Waals surface area contributed by atoms with E-state index < -0.39 is 34.4 Å². The van der Waals surface area contributed by atoms with Crippen molar-refractivity contribution in [3.05, 3.63) is 60.7 Å². The standard InChI is InChI=1S/C22H29N3O5S.2ClH/c26-16-20-22(27)21(25-13-11-24(12-14-25)17-7-3-1-4-8-17)19(30-20)15-23-31(28,29)18-9-5-2-6-10-18;;/h1-10,19-23,26-27H,11-16H2;2*1H/t19-,20+,21+,22-;;/m1../s1. The average molecular weight is 520 g/mol. The Labute approximate surface area is 207 Å². The molecule has 2 fully saturated rings. The van der Waals surface area contributed by atoms with Gasteiger partial charge in [0.15, 0.2) is 0 Å². The fraction of sp³-hybridized carbons (Fsp3) is 0.455. The van der Waals surface area contributed by atoms with Crippen molar-refractivity contribution in [3.8, 4) is 0 Å². The summed E-state index contributed by atoms with van der Waals surface area (Å²) < 4.78 is 33.7. The van der Waals surface area contributed by atoms with E-state index in [0.717, 1.165) is 18.8 Å². The molecule has 0 aromatic heterocycles. The summed E-state index contributed by atoms with van der Waals surface area (Å²) in [7, 11) is -3.69. The third-order valence-electron chi connectivity index (χ3n) is 6.03. The third-order valence-corrected chi connectivity index (χ3v) is 7.47. The average Bonchev–Trinajstić information content (AvgIpc) is 3.14. The van der Waals surface area contributed by atoms with Gasteiger partial charge in [-0.2, -0.15) is 0 Å². The minimum atomic E-state index is -3.69. The van der Waals surface area contributed by atoms with Crippen LogP contribution in [0, 0.1) is 0 Å². The van der Waals surface area contributed by atoms with Gasteiger partial charge >= 0.3 is 0 Å². The molecule has 4 rings (SSSR count). The summed E-state index contributed by atoms with van der Waals surface area (Å²) in [6, 6.07) is 17.9. The third kappa shape index (κ3) is 6.37. The van der Waals surface area contributed by atoms with E-state index in [2.05, 4.69) is 26.7 Å². The number of nitrogens with zero attached hydrogens (tertiary/aromatic N) is 2. The summed E-state index contributed by atoms with van der Waals surface area (Å²) in [5.41, 5.74) is 1.16. The van der Waals surface area contributed by atoms with Gasteiger partial charge in [-0.3, -0.25) is 4.90 Å². The Hall–Kier alpha value is -1.43. The van der Waals surface area contributed by atoms with Crippen molar-refractivity contribution >= 4 is 40.5 Å². The zero-order chi connectivity index (χ0) is 21.8. The lowest BCUT2D eigenvalue weighted by atomic mass is 10.0. The van der Waals surface area contributed by atoms with Crippen LogP contribution in [0.5, 0.6) is 0 Å². The number of sulfonamides is 1. The van der Waals surface area contributed by atoms with Crippen LogP contribution in [-0.4, -0.2) is 87.2 Å². The van der Waals surface area contributed by atoms with Crippen molar-refractivity contribution in [1.29, 1.82) is 0 Å². The van der Waals surface area contributed by atoms with Crippen molar-refractivity contribution in [2.24, 2.45) is 0 Å². The molecule has 4 atom stereocenters. The SMILES string of the molecule is Cl.Cl.O=S(=O)(NC[C@H]1O[C@@H](CO)[C@@H](O)[C@H]1N1CCN(c2ccccc2)CC1)c1ccccc1. The lowest BCUT2D eigenvalue weighted by Crippen LogP contribution is -2.57. The van der Waals surface area contributed by atoms with Crippen molar-refractivity contribution in [2.75, 3.05) is 44.2 Å². The van der Waals surface area contributed by atoms with Gasteiger partial charge in [-0.05, 0) is 24.3 Å². The molecule has 0 radical (unpaired) electrons. The minimum absolute atomic E-state index is 0. The monoisotopic (exact) mass is 519 g/mol. The van der Waals surface area contributed by atoms with Gasteiger partial charge in [-0.15, -0.1) is 24.8 Å². The number of nitrogens with one attached hydrogen (secondary N) is 1. The Kier molecular flexibility index (Phi) is 10.4. The van der Waals surface area contributed by atoms with E-state index >= 15 is 0 Å². The highest BCUT2D eigenvalue weighted by Gasteiger charge is 2.47. The summed E-state index contributed by atoms with van der Waals surface area (Å²) in [6.07, 6.45) is -2.18. The molecule has 8 nitrogen and oxygen atoms in total. The normalized spacial score (nSPS) is 25.8. The molecular weight excluding hydrogens is 489 g/mol. The van der Waals surface area contributed by atoms with E-state index in [1.54, 1.807) is 18.2 Å². The topological polar surface area (TPSA) is 102 Å². The molecule has 11 heteroatoms. The summed E-state index contributed by atoms with van der Waals surface area (Å²) in [4.78, 5) is 4.61. The van der Waals surface area contributed by atoms with Crippen molar-refractivity contribution < 1.29 is 23.4 Å². The Bertz CT molecular complexity index is 947. The molecule has 0 amide bonds. The van der Waals surface area contributed by atoms with Crippen LogP contribution in [0.4, 0.5) is 5.69 Å². The van der Waals surface area contributed by atoms with E-state index in [0.29, 0.717) is 13.1 Å². The molecule has 2 heterocycles. The minimum Gasteiger partial charge on any atom is -0.394 e. The van der Waals surface area contributed by atoms with Gasteiger partial charge in [-0.25, -0.2) is 13.1 Å². The van der Waals surface area contributed by atoms with Gasteiger partial charge < -0.3 is 19.8 Å². The molecule has 0 bridgehead atoms. The zero-order valence-electron chi connectivity index (χ0n) is 18.1. The number of benzene rings is 2. The summed E-state index contributed by atoms with van der Waals surface area (Å²) in [5.74, 6) is 0. The summed E-state index contributed by atoms with van der Waals surface area (Å²) in [5, 5.41) is 20.4. The first-order valence-electron chi connectivity index (χ1n) is 10.5. The molecule has 0 saturated carbocycles. The fourth-order valence-electron chi connectivity index (χ4n) is 4.39. The lowest BCUT2D eigenvalue weighted by Gasteiger charge is -2.41. The molecule has 2 aliphatic rings. The van der Waals surface area contributed by atoms with E-state index in [9.17, 15) is 18.6 Å². The van der Waals surface area contributed by atoms with Crippen LogP contribution in [0.3, 0.4) is 0 Å². The maximum atomic E-state index is 12.6. The van der Waals surface area contributed by atoms with E-state index in [1.165, 1.54) is 12.1 Å². The van der Waals surface area contributed by atoms with Gasteiger partial charge in [0, 0.05) is 38.4 Å². The van der Waals surface area contributed by atoms with E-state index in [4.69, 9.17) is 4.74 Å². The van der Waals surface area contributed by atoms with Crippen LogP contribution < -0.4 is 9.62 Å². The molecule has 2 aromatic rings. The van der Waals surface area contributed by atoms with Crippen molar-refractivity contribution in [1.82, 2.24) is 9.62 Å². The Morgan fingerprint density at radius 1 is 0.909 bits per heavy atom. The molecule has 0 spiro atoms. The molecule has 184 valence electrons. The number of aliphatic hydroxyl groups excluding tert-OH is 2. The maximum Gasteiger partial charge on any atom is 0.240 e. The van der Waals surface area contributed by atoms with Crippen LogP contribution in [0.15, 0.2) is 65.6 Å². The molecule has 2 aliphatic heterocycles. The van der Waals surface area contributed by atoms with Crippen molar-refractivity contribution in [3.63, 3.8) is 0 Å². The van der Waals surface area contributed by atoms with Gasteiger partial charge in [0.1, 0.15) is 12.2 Å². The molecular formula is C22H31Cl2N3O5S. The van der Waals surface area contributed by atoms with Gasteiger partial charge in [-0.1, -0.05) is 36.4 Å². The number of piperazine rings is 1. The molecule has 0 aliphatic carbocycles. The first-order chi connectivity index (χ1) is 15.0. The van der Waals surface area contributed by atoms with Gasteiger partial charge in [0.05, 0.1) is 23.6 Å². The molecule has 2 saturated heterocycles. The molecule has 33 heavy (non-hydrogen) atoms. The maximum absolute atomic E-state index is 12.6.